The number of hydrogen-bond acceptors (Lipinski definition) is 4. The van der Waals surface area contributed by atoms with E-state index >= 15 is 0 Å². The molecule has 0 spiro atoms. The van der Waals surface area contributed by atoms with E-state index < -0.39 is 24.5 Å². The highest BCUT2D eigenvalue weighted by Crippen LogP contribution is 2.07. The zero-order chi connectivity index (χ0) is 11.3. The number of hydrogen-bond donors (Lipinski definition) is 2. The molecule has 15 heavy (non-hydrogen) atoms. The van der Waals surface area contributed by atoms with Crippen molar-refractivity contribution >= 4 is 11.9 Å². The molecule has 1 aromatic rings. The molecule has 0 saturated heterocycles. The summed E-state index contributed by atoms with van der Waals surface area (Å²) in [6.07, 6.45) is 1.12. The van der Waals surface area contributed by atoms with Gasteiger partial charge in [-0.1, -0.05) is 0 Å². The number of imide groups is 1. The van der Waals surface area contributed by atoms with E-state index in [2.05, 4.69) is 4.98 Å². The van der Waals surface area contributed by atoms with E-state index in [9.17, 15) is 14.0 Å². The first-order valence-electron chi connectivity index (χ1n) is 3.91. The van der Waals surface area contributed by atoms with E-state index in [0.717, 1.165) is 12.3 Å². The van der Waals surface area contributed by atoms with E-state index in [-0.39, 0.29) is 5.75 Å². The van der Waals surface area contributed by atoms with E-state index in [1.54, 1.807) is 5.32 Å². The van der Waals surface area contributed by atoms with Crippen molar-refractivity contribution in [3.63, 3.8) is 0 Å². The minimum Gasteiger partial charge on any atom is -0.482 e. The molecule has 0 unspecified atom stereocenters. The largest absolute Gasteiger partial charge is 0.482 e. The van der Waals surface area contributed by atoms with E-state index in [1.165, 1.54) is 6.07 Å². The second-order valence-corrected chi connectivity index (χ2v) is 2.52. The Morgan fingerprint density at radius 3 is 2.80 bits per heavy atom. The van der Waals surface area contributed by atoms with Gasteiger partial charge in [0, 0.05) is 0 Å². The molecule has 6 nitrogen and oxygen atoms in total. The Bertz CT molecular complexity index is 366. The number of nitrogens with one attached hydrogen (secondary N) is 1. The first kappa shape index (κ1) is 10.9. The van der Waals surface area contributed by atoms with Crippen LogP contribution in [0.15, 0.2) is 18.3 Å². The Morgan fingerprint density at radius 2 is 2.27 bits per heavy atom. The van der Waals surface area contributed by atoms with Crippen LogP contribution in [0.25, 0.3) is 0 Å². The number of pyridine rings is 1. The van der Waals surface area contributed by atoms with Crippen LogP contribution in [0, 0.1) is 5.95 Å². The van der Waals surface area contributed by atoms with Crippen molar-refractivity contribution in [3.8, 4) is 5.75 Å². The SMILES string of the molecule is NC(=O)NC(=O)COc1ccc(F)nc1. The highest BCUT2D eigenvalue weighted by Gasteiger charge is 2.05. The third-order valence-corrected chi connectivity index (χ3v) is 1.33. The van der Waals surface area contributed by atoms with Gasteiger partial charge in [0.2, 0.25) is 5.95 Å². The number of amides is 3. The Labute approximate surface area is 84.2 Å². The molecule has 1 rings (SSSR count). The molecule has 1 aromatic heterocycles. The van der Waals surface area contributed by atoms with Crippen molar-refractivity contribution < 1.29 is 18.7 Å². The number of nitrogens with zero attached hydrogens (tertiary/aromatic N) is 1. The summed E-state index contributed by atoms with van der Waals surface area (Å²) in [6.45, 7) is -0.393. The van der Waals surface area contributed by atoms with Crippen molar-refractivity contribution in [1.29, 1.82) is 0 Å². The summed E-state index contributed by atoms with van der Waals surface area (Å²) in [7, 11) is 0. The maximum Gasteiger partial charge on any atom is 0.318 e. The lowest BCUT2D eigenvalue weighted by Crippen LogP contribution is -2.38. The normalized spacial score (nSPS) is 9.40. The summed E-state index contributed by atoms with van der Waals surface area (Å²) in [5.41, 5.74) is 4.69. The molecule has 0 aromatic carbocycles. The van der Waals surface area contributed by atoms with E-state index in [4.69, 9.17) is 10.5 Å². The number of carbonyl (C=O) groups excluding carboxylic acids is 2. The number of urea groups is 1. The number of carbonyl (C=O) groups is 2. The quantitative estimate of drug-likeness (QED) is 0.679. The molecular formula is C8H8FN3O3. The van der Waals surface area contributed by atoms with Gasteiger partial charge in [0.05, 0.1) is 6.20 Å². The van der Waals surface area contributed by atoms with Crippen LogP contribution in [-0.4, -0.2) is 23.5 Å². The highest BCUT2D eigenvalue weighted by molar-refractivity contribution is 5.94. The van der Waals surface area contributed by atoms with Crippen LogP contribution < -0.4 is 15.8 Å². The zero-order valence-electron chi connectivity index (χ0n) is 7.57. The summed E-state index contributed by atoms with van der Waals surface area (Å²) >= 11 is 0. The Kier molecular flexibility index (Phi) is 3.55. The standard InChI is InChI=1S/C8H8FN3O3/c9-6-2-1-5(3-11-6)15-4-7(13)12-8(10)14/h1-3H,4H2,(H3,10,12,13,14). The van der Waals surface area contributed by atoms with Gasteiger partial charge in [0.25, 0.3) is 5.91 Å². The lowest BCUT2D eigenvalue weighted by Gasteiger charge is -2.04. The van der Waals surface area contributed by atoms with Gasteiger partial charge in [-0.25, -0.2) is 9.78 Å². The average molecular weight is 213 g/mol. The smallest absolute Gasteiger partial charge is 0.318 e. The van der Waals surface area contributed by atoms with Gasteiger partial charge >= 0.3 is 6.03 Å². The van der Waals surface area contributed by atoms with Crippen LogP contribution in [0.2, 0.25) is 0 Å². The number of nitrogens with two attached hydrogens (primary N) is 1. The molecule has 0 aliphatic heterocycles. The highest BCUT2D eigenvalue weighted by atomic mass is 19.1. The van der Waals surface area contributed by atoms with Gasteiger partial charge in [0.15, 0.2) is 6.61 Å². The van der Waals surface area contributed by atoms with Crippen molar-refractivity contribution in [2.45, 2.75) is 0 Å². The van der Waals surface area contributed by atoms with Gasteiger partial charge < -0.3 is 10.5 Å². The van der Waals surface area contributed by atoms with Gasteiger partial charge in [-0.2, -0.15) is 4.39 Å². The predicted octanol–water partition coefficient (Wildman–Crippen LogP) is -0.206. The third-order valence-electron chi connectivity index (χ3n) is 1.33. The number of ether oxygens (including phenoxy) is 1. The molecule has 0 aliphatic carbocycles. The number of rotatable bonds is 3. The molecule has 0 fully saturated rings. The number of halogens is 1. The molecule has 0 atom stereocenters. The lowest BCUT2D eigenvalue weighted by molar-refractivity contribution is -0.121. The Balaban J connectivity index is 2.40. The molecule has 0 saturated carbocycles. The maximum absolute atomic E-state index is 12.4. The fourth-order valence-corrected chi connectivity index (χ4v) is 0.770. The van der Waals surface area contributed by atoms with Gasteiger partial charge in [-0.05, 0) is 12.1 Å². The fourth-order valence-electron chi connectivity index (χ4n) is 0.770. The predicted molar refractivity (Wildman–Crippen MR) is 47.4 cm³/mol. The molecule has 1 heterocycles. The first-order valence-corrected chi connectivity index (χ1v) is 3.91. The third kappa shape index (κ3) is 4.03. The molecule has 7 heteroatoms. The van der Waals surface area contributed by atoms with E-state index in [0.29, 0.717) is 0 Å². The van der Waals surface area contributed by atoms with Crippen LogP contribution in [0.4, 0.5) is 9.18 Å². The second-order valence-electron chi connectivity index (χ2n) is 2.52. The van der Waals surface area contributed by atoms with Crippen molar-refractivity contribution in [1.82, 2.24) is 10.3 Å². The zero-order valence-corrected chi connectivity index (χ0v) is 7.57. The topological polar surface area (TPSA) is 94.3 Å². The second kappa shape index (κ2) is 4.89. The molecule has 0 aliphatic rings. The fraction of sp³-hybridized carbons (Fsp3) is 0.125. The first-order chi connectivity index (χ1) is 7.08. The van der Waals surface area contributed by atoms with Crippen LogP contribution in [-0.2, 0) is 4.79 Å². The molecule has 0 radical (unpaired) electrons. The molecule has 3 amide bonds. The molecule has 0 bridgehead atoms. The summed E-state index contributed by atoms with van der Waals surface area (Å²) in [5.74, 6) is -1.12. The van der Waals surface area contributed by atoms with Crippen molar-refractivity contribution in [3.05, 3.63) is 24.3 Å². The van der Waals surface area contributed by atoms with Crippen LogP contribution in [0.5, 0.6) is 5.75 Å². The number of aromatic nitrogens is 1. The minimum atomic E-state index is -0.958. The monoisotopic (exact) mass is 213 g/mol. The van der Waals surface area contributed by atoms with Crippen LogP contribution in [0.3, 0.4) is 0 Å². The molecule has 80 valence electrons. The van der Waals surface area contributed by atoms with Crippen molar-refractivity contribution in [2.75, 3.05) is 6.61 Å². The van der Waals surface area contributed by atoms with Gasteiger partial charge in [-0.15, -0.1) is 0 Å². The van der Waals surface area contributed by atoms with Crippen LogP contribution in [0.1, 0.15) is 0 Å². The lowest BCUT2D eigenvalue weighted by atomic mass is 10.4. The summed E-state index contributed by atoms with van der Waals surface area (Å²) in [4.78, 5) is 24.4. The molecular weight excluding hydrogens is 205 g/mol. The van der Waals surface area contributed by atoms with E-state index in [1.807, 2.05) is 0 Å². The number of primary amides is 1. The van der Waals surface area contributed by atoms with Gasteiger partial charge in [-0.3, -0.25) is 10.1 Å². The van der Waals surface area contributed by atoms with Crippen LogP contribution >= 0.6 is 0 Å². The van der Waals surface area contributed by atoms with Crippen molar-refractivity contribution in [2.24, 2.45) is 5.73 Å². The average Bonchev–Trinajstić information content (AvgIpc) is 2.16. The Hall–Kier alpha value is -2.18. The summed E-state index contributed by atoms with van der Waals surface area (Å²) in [6, 6.07) is 1.43. The molecule has 3 N–H and O–H groups in total. The Morgan fingerprint density at radius 1 is 1.53 bits per heavy atom. The summed E-state index contributed by atoms with van der Waals surface area (Å²) < 4.78 is 17.2. The minimum absolute atomic E-state index is 0.219. The summed E-state index contributed by atoms with van der Waals surface area (Å²) in [5, 5.41) is 1.80. The maximum atomic E-state index is 12.4. The van der Waals surface area contributed by atoms with Gasteiger partial charge in [0.1, 0.15) is 5.75 Å².